The minimum Gasteiger partial charge on any atom is -0.489 e. The fourth-order valence-electron chi connectivity index (χ4n) is 3.64. The van der Waals surface area contributed by atoms with Crippen molar-refractivity contribution in [1.29, 1.82) is 0 Å². The van der Waals surface area contributed by atoms with Gasteiger partial charge >= 0.3 is 0 Å². The van der Waals surface area contributed by atoms with Gasteiger partial charge in [-0.05, 0) is 54.1 Å². The van der Waals surface area contributed by atoms with Crippen molar-refractivity contribution in [2.24, 2.45) is 0 Å². The number of hydrogen-bond acceptors (Lipinski definition) is 3. The second-order valence-electron chi connectivity index (χ2n) is 7.71. The first kappa shape index (κ1) is 22.6. The minimum atomic E-state index is -0.297. The molecule has 0 spiro atoms. The number of carbonyl (C=O) groups is 1. The number of benzene rings is 3. The van der Waals surface area contributed by atoms with Gasteiger partial charge in [0.25, 0.3) is 5.91 Å². The van der Waals surface area contributed by atoms with E-state index in [0.717, 1.165) is 24.2 Å². The molecule has 0 atom stereocenters. The molecule has 1 fully saturated rings. The molecule has 1 aliphatic rings. The lowest BCUT2D eigenvalue weighted by Gasteiger charge is -2.35. The summed E-state index contributed by atoms with van der Waals surface area (Å²) < 4.78 is 18.6. The fourth-order valence-corrected chi connectivity index (χ4v) is 4.16. The number of carbonyl (C=O) groups excluding carboxylic acids is 1. The third-order valence-electron chi connectivity index (χ3n) is 5.52. The van der Waals surface area contributed by atoms with Crippen LogP contribution in [0.1, 0.15) is 21.5 Å². The quantitative estimate of drug-likeness (QED) is 0.463. The van der Waals surface area contributed by atoms with Gasteiger partial charge in [-0.15, -0.1) is 0 Å². The van der Waals surface area contributed by atoms with Crippen molar-refractivity contribution < 1.29 is 13.9 Å². The van der Waals surface area contributed by atoms with Crippen LogP contribution in [0.5, 0.6) is 5.75 Å². The highest BCUT2D eigenvalue weighted by atomic mass is 35.5. The molecular weight excluding hydrogens is 450 g/mol. The molecule has 1 aliphatic heterocycles. The van der Waals surface area contributed by atoms with Crippen LogP contribution in [0.2, 0.25) is 10.0 Å². The predicted molar refractivity (Wildman–Crippen MR) is 125 cm³/mol. The van der Waals surface area contributed by atoms with Gasteiger partial charge in [0.1, 0.15) is 18.2 Å². The van der Waals surface area contributed by atoms with Gasteiger partial charge < -0.3 is 9.64 Å². The van der Waals surface area contributed by atoms with Gasteiger partial charge in [0.15, 0.2) is 0 Å². The van der Waals surface area contributed by atoms with Crippen LogP contribution >= 0.6 is 23.2 Å². The normalized spacial score (nSPS) is 14.4. The number of rotatable bonds is 6. The predicted octanol–water partition coefficient (Wildman–Crippen LogP) is 5.67. The molecule has 0 saturated carbocycles. The zero-order valence-corrected chi connectivity index (χ0v) is 19.0. The lowest BCUT2D eigenvalue weighted by atomic mass is 10.1. The van der Waals surface area contributed by atoms with E-state index in [4.69, 9.17) is 27.9 Å². The summed E-state index contributed by atoms with van der Waals surface area (Å²) in [6.45, 7) is 3.84. The Morgan fingerprint density at radius 1 is 0.875 bits per heavy atom. The van der Waals surface area contributed by atoms with E-state index in [2.05, 4.69) is 4.90 Å². The van der Waals surface area contributed by atoms with Gasteiger partial charge in [0, 0.05) is 53.9 Å². The summed E-state index contributed by atoms with van der Waals surface area (Å²) >= 11 is 12.6. The van der Waals surface area contributed by atoms with Crippen molar-refractivity contribution in [3.05, 3.63) is 99.3 Å². The van der Waals surface area contributed by atoms with Crippen LogP contribution in [-0.2, 0) is 13.2 Å². The Morgan fingerprint density at radius 2 is 1.50 bits per heavy atom. The molecule has 0 bridgehead atoms. The van der Waals surface area contributed by atoms with E-state index in [9.17, 15) is 9.18 Å². The van der Waals surface area contributed by atoms with Crippen molar-refractivity contribution >= 4 is 29.1 Å². The molecule has 0 radical (unpaired) electrons. The lowest BCUT2D eigenvalue weighted by molar-refractivity contribution is 0.0628. The first-order valence-electron chi connectivity index (χ1n) is 10.4. The highest BCUT2D eigenvalue weighted by molar-refractivity contribution is 6.35. The van der Waals surface area contributed by atoms with Crippen LogP contribution in [0, 0.1) is 5.82 Å². The summed E-state index contributed by atoms with van der Waals surface area (Å²) in [7, 11) is 0. The average molecular weight is 473 g/mol. The van der Waals surface area contributed by atoms with E-state index >= 15 is 0 Å². The maximum absolute atomic E-state index is 13.0. The molecule has 0 N–H and O–H groups in total. The van der Waals surface area contributed by atoms with Crippen molar-refractivity contribution in [2.45, 2.75) is 13.2 Å². The highest BCUT2D eigenvalue weighted by Gasteiger charge is 2.23. The molecule has 3 aromatic rings. The van der Waals surface area contributed by atoms with Gasteiger partial charge in [-0.1, -0.05) is 41.4 Å². The number of hydrogen-bond donors (Lipinski definition) is 0. The van der Waals surface area contributed by atoms with Crippen LogP contribution in [0.25, 0.3) is 0 Å². The average Bonchev–Trinajstić information content (AvgIpc) is 2.81. The van der Waals surface area contributed by atoms with Crippen LogP contribution in [0.15, 0.2) is 66.7 Å². The number of ether oxygens (including phenoxy) is 1. The Bertz CT molecular complexity index is 1050. The van der Waals surface area contributed by atoms with E-state index in [-0.39, 0.29) is 11.7 Å². The van der Waals surface area contributed by atoms with Crippen molar-refractivity contribution in [3.8, 4) is 5.75 Å². The number of amides is 1. The molecule has 166 valence electrons. The molecular formula is C25H23Cl2FN2O2. The number of piperazine rings is 1. The Balaban J connectivity index is 1.28. The molecule has 7 heteroatoms. The minimum absolute atomic E-state index is 0.0198. The molecule has 1 saturated heterocycles. The Labute approximate surface area is 197 Å². The maximum Gasteiger partial charge on any atom is 0.253 e. The standard InChI is InChI=1S/C25H23Cl2FN2O2/c26-23-2-1-3-24(27)22(23)16-29-12-14-30(15-13-29)25(31)19-6-4-18(5-7-19)17-32-21-10-8-20(28)9-11-21/h1-11H,12-17H2. The van der Waals surface area contributed by atoms with Gasteiger partial charge in [-0.3, -0.25) is 9.69 Å². The zero-order chi connectivity index (χ0) is 22.5. The van der Waals surface area contributed by atoms with E-state index < -0.39 is 0 Å². The van der Waals surface area contributed by atoms with E-state index in [1.54, 1.807) is 12.1 Å². The van der Waals surface area contributed by atoms with Gasteiger partial charge in [-0.2, -0.15) is 0 Å². The van der Waals surface area contributed by atoms with Gasteiger partial charge in [0.2, 0.25) is 0 Å². The first-order valence-corrected chi connectivity index (χ1v) is 11.2. The SMILES string of the molecule is O=C(c1ccc(COc2ccc(F)cc2)cc1)N1CCN(Cc2c(Cl)cccc2Cl)CC1. The van der Waals surface area contributed by atoms with Crippen molar-refractivity contribution in [1.82, 2.24) is 9.80 Å². The van der Waals surface area contributed by atoms with Crippen LogP contribution in [0.3, 0.4) is 0 Å². The second-order valence-corrected chi connectivity index (χ2v) is 8.52. The van der Waals surface area contributed by atoms with E-state index in [0.29, 0.717) is 47.6 Å². The monoisotopic (exact) mass is 472 g/mol. The van der Waals surface area contributed by atoms with Gasteiger partial charge in [-0.25, -0.2) is 4.39 Å². The number of nitrogens with zero attached hydrogens (tertiary/aromatic N) is 2. The summed E-state index contributed by atoms with van der Waals surface area (Å²) in [6, 6.07) is 18.8. The molecule has 0 aromatic heterocycles. The third kappa shape index (κ3) is 5.60. The maximum atomic E-state index is 13.0. The van der Waals surface area contributed by atoms with Gasteiger partial charge in [0.05, 0.1) is 0 Å². The zero-order valence-electron chi connectivity index (χ0n) is 17.4. The summed E-state index contributed by atoms with van der Waals surface area (Å²) in [5.41, 5.74) is 2.51. The highest BCUT2D eigenvalue weighted by Crippen LogP contribution is 2.26. The molecule has 1 heterocycles. The molecule has 4 nitrogen and oxygen atoms in total. The molecule has 1 amide bonds. The topological polar surface area (TPSA) is 32.8 Å². The molecule has 0 aliphatic carbocycles. The Morgan fingerprint density at radius 3 is 2.12 bits per heavy atom. The molecule has 32 heavy (non-hydrogen) atoms. The molecule has 3 aromatic carbocycles. The third-order valence-corrected chi connectivity index (χ3v) is 6.23. The lowest BCUT2D eigenvalue weighted by Crippen LogP contribution is -2.48. The summed E-state index contributed by atoms with van der Waals surface area (Å²) in [4.78, 5) is 17.0. The Kier molecular flexibility index (Phi) is 7.30. The van der Waals surface area contributed by atoms with Crippen molar-refractivity contribution in [3.63, 3.8) is 0 Å². The van der Waals surface area contributed by atoms with Crippen LogP contribution in [-0.4, -0.2) is 41.9 Å². The summed E-state index contributed by atoms with van der Waals surface area (Å²) in [5.74, 6) is 0.322. The van der Waals surface area contributed by atoms with Crippen LogP contribution in [0.4, 0.5) is 4.39 Å². The first-order chi connectivity index (χ1) is 15.5. The molecule has 4 rings (SSSR count). The Hall–Kier alpha value is -2.60. The number of halogens is 3. The van der Waals surface area contributed by atoms with Crippen LogP contribution < -0.4 is 4.74 Å². The van der Waals surface area contributed by atoms with E-state index in [1.165, 1.54) is 12.1 Å². The summed E-state index contributed by atoms with van der Waals surface area (Å²) in [5, 5.41) is 1.33. The summed E-state index contributed by atoms with van der Waals surface area (Å²) in [6.07, 6.45) is 0. The fraction of sp³-hybridized carbons (Fsp3) is 0.240. The molecule has 0 unspecified atom stereocenters. The smallest absolute Gasteiger partial charge is 0.253 e. The second kappa shape index (κ2) is 10.3. The van der Waals surface area contributed by atoms with Crippen molar-refractivity contribution in [2.75, 3.05) is 26.2 Å². The van der Waals surface area contributed by atoms with E-state index in [1.807, 2.05) is 47.4 Å². The largest absolute Gasteiger partial charge is 0.489 e.